The fourth-order valence-corrected chi connectivity index (χ4v) is 3.00. The van der Waals surface area contributed by atoms with E-state index < -0.39 is 11.8 Å². The third-order valence-electron chi connectivity index (χ3n) is 4.52. The predicted octanol–water partition coefficient (Wildman–Crippen LogP) is 3.08. The van der Waals surface area contributed by atoms with Gasteiger partial charge in [-0.25, -0.2) is 9.67 Å². The molecule has 4 rings (SSSR count). The molecule has 8 heteroatoms. The normalized spacial score (nSPS) is 10.4. The summed E-state index contributed by atoms with van der Waals surface area (Å²) in [6, 6.07) is 26.1. The first-order valence-corrected chi connectivity index (χ1v) is 9.97. The van der Waals surface area contributed by atoms with E-state index in [4.69, 9.17) is 4.74 Å². The van der Waals surface area contributed by atoms with Gasteiger partial charge in [0.25, 0.3) is 5.91 Å². The number of hydrogen-bond donors (Lipinski definition) is 2. The summed E-state index contributed by atoms with van der Waals surface area (Å²) in [5.74, 6) is -0.141. The van der Waals surface area contributed by atoms with Crippen LogP contribution in [0.3, 0.4) is 0 Å². The average molecular weight is 427 g/mol. The van der Waals surface area contributed by atoms with Crippen LogP contribution in [-0.4, -0.2) is 33.2 Å². The fourth-order valence-electron chi connectivity index (χ4n) is 3.00. The molecule has 8 nitrogen and oxygen atoms in total. The first-order valence-electron chi connectivity index (χ1n) is 9.97. The van der Waals surface area contributed by atoms with Crippen LogP contribution in [0.15, 0.2) is 84.9 Å². The minimum absolute atomic E-state index is 0.0763. The summed E-state index contributed by atoms with van der Waals surface area (Å²) >= 11 is 0. The number of carbonyl (C=O) groups excluding carboxylic acids is 2. The number of para-hydroxylation sites is 1. The highest BCUT2D eigenvalue weighted by atomic mass is 16.5. The van der Waals surface area contributed by atoms with E-state index in [1.807, 2.05) is 85.8 Å². The van der Waals surface area contributed by atoms with Crippen LogP contribution in [0, 0.1) is 6.92 Å². The van der Waals surface area contributed by atoms with Crippen molar-refractivity contribution in [1.82, 2.24) is 25.6 Å². The molecule has 0 bridgehead atoms. The lowest BCUT2D eigenvalue weighted by atomic mass is 10.2. The van der Waals surface area contributed by atoms with Gasteiger partial charge in [-0.2, -0.15) is 0 Å². The first-order chi connectivity index (χ1) is 15.6. The Morgan fingerprint density at radius 1 is 0.906 bits per heavy atom. The number of nitrogens with one attached hydrogen (secondary N) is 2. The van der Waals surface area contributed by atoms with Gasteiger partial charge >= 0.3 is 5.91 Å². The molecular formula is C24H21N5O3. The Kier molecular flexibility index (Phi) is 6.22. The van der Waals surface area contributed by atoms with E-state index in [0.717, 1.165) is 16.8 Å². The maximum atomic E-state index is 12.6. The Morgan fingerprint density at radius 3 is 2.34 bits per heavy atom. The lowest BCUT2D eigenvalue weighted by molar-refractivity contribution is -0.123. The van der Waals surface area contributed by atoms with Gasteiger partial charge in [-0.1, -0.05) is 60.7 Å². The molecule has 0 aliphatic rings. The average Bonchev–Trinajstić information content (AvgIpc) is 3.28. The third-order valence-corrected chi connectivity index (χ3v) is 4.52. The summed E-state index contributed by atoms with van der Waals surface area (Å²) in [6.45, 7) is 1.68. The molecule has 160 valence electrons. The molecule has 0 fully saturated rings. The largest absolute Gasteiger partial charge is 0.484 e. The van der Waals surface area contributed by atoms with Crippen LogP contribution in [0.1, 0.15) is 16.2 Å². The lowest BCUT2D eigenvalue weighted by Gasteiger charge is -2.08. The maximum Gasteiger partial charge on any atom is 0.309 e. The number of ether oxygens (including phenoxy) is 1. The highest BCUT2D eigenvalue weighted by Gasteiger charge is 2.19. The minimum atomic E-state index is -0.638. The predicted molar refractivity (Wildman–Crippen MR) is 119 cm³/mol. The zero-order valence-electron chi connectivity index (χ0n) is 17.4. The van der Waals surface area contributed by atoms with Crippen LogP contribution in [0.4, 0.5) is 0 Å². The highest BCUT2D eigenvalue weighted by Crippen LogP contribution is 2.20. The van der Waals surface area contributed by atoms with Crippen molar-refractivity contribution < 1.29 is 14.3 Å². The molecule has 0 aliphatic carbocycles. The van der Waals surface area contributed by atoms with Crippen molar-refractivity contribution in [3.8, 4) is 22.8 Å². The molecule has 0 unspecified atom stereocenters. The van der Waals surface area contributed by atoms with Gasteiger partial charge in [0.15, 0.2) is 12.4 Å². The topological polar surface area (TPSA) is 98.1 Å². The summed E-state index contributed by atoms with van der Waals surface area (Å²) in [7, 11) is 0. The van der Waals surface area contributed by atoms with Crippen LogP contribution >= 0.6 is 0 Å². The number of rotatable bonds is 6. The van der Waals surface area contributed by atoms with Crippen molar-refractivity contribution in [3.63, 3.8) is 0 Å². The van der Waals surface area contributed by atoms with Crippen molar-refractivity contribution in [2.75, 3.05) is 6.61 Å². The molecule has 0 aliphatic heterocycles. The van der Waals surface area contributed by atoms with Gasteiger partial charge in [-0.15, -0.1) is 5.10 Å². The van der Waals surface area contributed by atoms with Crippen molar-refractivity contribution in [2.24, 2.45) is 0 Å². The standard InChI is InChI=1S/C24H21N5O3/c1-17-9-8-14-20(15-17)32-16-21(30)26-27-24(31)22-25-23(18-10-4-2-5-11-18)29(28-22)19-12-6-3-7-13-19/h2-15H,16H2,1H3,(H,26,30)(H,27,31). The van der Waals surface area contributed by atoms with Crippen LogP contribution in [0.2, 0.25) is 0 Å². The monoisotopic (exact) mass is 427 g/mol. The van der Waals surface area contributed by atoms with E-state index in [9.17, 15) is 9.59 Å². The van der Waals surface area contributed by atoms with Gasteiger partial charge in [-0.05, 0) is 36.8 Å². The number of amides is 2. The van der Waals surface area contributed by atoms with Crippen molar-refractivity contribution >= 4 is 11.8 Å². The second-order valence-electron chi connectivity index (χ2n) is 6.98. The molecule has 0 radical (unpaired) electrons. The zero-order valence-corrected chi connectivity index (χ0v) is 17.4. The Morgan fingerprint density at radius 2 is 1.62 bits per heavy atom. The number of carbonyl (C=O) groups is 2. The first kappa shape index (κ1) is 20.8. The van der Waals surface area contributed by atoms with Crippen LogP contribution in [0.25, 0.3) is 17.1 Å². The SMILES string of the molecule is Cc1cccc(OCC(=O)NNC(=O)c2nc(-c3ccccc3)n(-c3ccccc3)n2)c1. The fraction of sp³-hybridized carbons (Fsp3) is 0.0833. The number of nitrogens with zero attached hydrogens (tertiary/aromatic N) is 3. The molecule has 3 aromatic carbocycles. The van der Waals surface area contributed by atoms with E-state index in [1.165, 1.54) is 0 Å². The molecule has 4 aromatic rings. The van der Waals surface area contributed by atoms with Gasteiger partial charge in [0.05, 0.1) is 5.69 Å². The number of aromatic nitrogens is 3. The molecule has 1 heterocycles. The molecule has 0 saturated heterocycles. The molecule has 2 amide bonds. The maximum absolute atomic E-state index is 12.6. The molecule has 2 N–H and O–H groups in total. The smallest absolute Gasteiger partial charge is 0.309 e. The zero-order chi connectivity index (χ0) is 22.3. The van der Waals surface area contributed by atoms with Crippen LogP contribution < -0.4 is 15.6 Å². The Balaban J connectivity index is 1.45. The van der Waals surface area contributed by atoms with Gasteiger partial charge in [0.2, 0.25) is 5.82 Å². The summed E-state index contributed by atoms with van der Waals surface area (Å²) in [6.07, 6.45) is 0. The quantitative estimate of drug-likeness (QED) is 0.461. The van der Waals surface area contributed by atoms with E-state index in [2.05, 4.69) is 20.9 Å². The van der Waals surface area contributed by atoms with Gasteiger partial charge in [0.1, 0.15) is 5.75 Å². The summed E-state index contributed by atoms with van der Waals surface area (Å²) < 4.78 is 7.02. The highest BCUT2D eigenvalue weighted by molar-refractivity contribution is 5.92. The van der Waals surface area contributed by atoms with Crippen LogP contribution in [-0.2, 0) is 4.79 Å². The summed E-state index contributed by atoms with van der Waals surface area (Å²) in [5, 5.41) is 4.35. The summed E-state index contributed by atoms with van der Waals surface area (Å²) in [5.41, 5.74) is 7.24. The number of benzene rings is 3. The van der Waals surface area contributed by atoms with E-state index in [1.54, 1.807) is 10.7 Å². The molecule has 32 heavy (non-hydrogen) atoms. The van der Waals surface area contributed by atoms with E-state index >= 15 is 0 Å². The number of hydrogen-bond acceptors (Lipinski definition) is 5. The number of hydrazine groups is 1. The van der Waals surface area contributed by atoms with E-state index in [-0.39, 0.29) is 12.4 Å². The second-order valence-corrected chi connectivity index (χ2v) is 6.98. The molecule has 1 aromatic heterocycles. The Bertz CT molecular complexity index is 1170. The summed E-state index contributed by atoms with van der Waals surface area (Å²) in [4.78, 5) is 29.0. The number of aryl methyl sites for hydroxylation is 1. The van der Waals surface area contributed by atoms with Crippen molar-refractivity contribution in [3.05, 3.63) is 96.3 Å². The van der Waals surface area contributed by atoms with Gasteiger partial charge in [0, 0.05) is 5.56 Å². The van der Waals surface area contributed by atoms with E-state index in [0.29, 0.717) is 11.6 Å². The molecule has 0 atom stereocenters. The molecule has 0 saturated carbocycles. The van der Waals surface area contributed by atoms with Crippen molar-refractivity contribution in [1.29, 1.82) is 0 Å². The van der Waals surface area contributed by atoms with Gasteiger partial charge < -0.3 is 4.74 Å². The lowest BCUT2D eigenvalue weighted by Crippen LogP contribution is -2.44. The molecular weight excluding hydrogens is 406 g/mol. The van der Waals surface area contributed by atoms with Crippen molar-refractivity contribution in [2.45, 2.75) is 6.92 Å². The Hall–Kier alpha value is -4.46. The Labute approximate surface area is 184 Å². The molecule has 0 spiro atoms. The second kappa shape index (κ2) is 9.57. The van der Waals surface area contributed by atoms with Gasteiger partial charge in [-0.3, -0.25) is 20.4 Å². The minimum Gasteiger partial charge on any atom is -0.484 e. The third kappa shape index (κ3) is 4.99. The van der Waals surface area contributed by atoms with Crippen LogP contribution in [0.5, 0.6) is 5.75 Å².